The van der Waals surface area contributed by atoms with Crippen molar-refractivity contribution >= 4 is 11.6 Å². The molecule has 26 heavy (non-hydrogen) atoms. The molecule has 1 saturated carbocycles. The van der Waals surface area contributed by atoms with Crippen molar-refractivity contribution in [2.45, 2.75) is 51.2 Å². The molecule has 0 bridgehead atoms. The van der Waals surface area contributed by atoms with E-state index in [0.29, 0.717) is 30.6 Å². The predicted octanol–water partition coefficient (Wildman–Crippen LogP) is 3.09. The largest absolute Gasteiger partial charge is 0.467 e. The number of anilines is 1. The molecular weight excluding hydrogens is 326 g/mol. The first-order chi connectivity index (χ1) is 12.7. The van der Waals surface area contributed by atoms with E-state index in [1.807, 2.05) is 0 Å². The van der Waals surface area contributed by atoms with Crippen LogP contribution in [-0.2, 0) is 13.0 Å². The summed E-state index contributed by atoms with van der Waals surface area (Å²) in [6, 6.07) is 10.8. The van der Waals surface area contributed by atoms with Crippen LogP contribution < -0.4 is 16.0 Å². The molecule has 1 aliphatic heterocycles. The number of carbonyl (C=O) groups is 1. The minimum atomic E-state index is -0.0424. The van der Waals surface area contributed by atoms with Crippen LogP contribution in [-0.4, -0.2) is 24.5 Å². The van der Waals surface area contributed by atoms with Gasteiger partial charge in [0.15, 0.2) is 0 Å². The van der Waals surface area contributed by atoms with Crippen molar-refractivity contribution in [2.75, 3.05) is 11.4 Å². The number of rotatable bonds is 5. The third kappa shape index (κ3) is 3.12. The Morgan fingerprint density at radius 2 is 2.15 bits per heavy atom. The molecule has 1 aromatic carbocycles. The van der Waals surface area contributed by atoms with Gasteiger partial charge >= 0.3 is 0 Å². The number of carbonyl (C=O) groups excluding carboxylic acids is 1. The van der Waals surface area contributed by atoms with Gasteiger partial charge in [0.2, 0.25) is 0 Å². The number of para-hydroxylation sites is 1. The summed E-state index contributed by atoms with van der Waals surface area (Å²) in [5.74, 6) is 1.08. The van der Waals surface area contributed by atoms with Crippen LogP contribution in [0.1, 0.15) is 47.9 Å². The maximum atomic E-state index is 12.8. The molecule has 1 fully saturated rings. The minimum Gasteiger partial charge on any atom is -0.467 e. The molecule has 3 atom stereocenters. The maximum absolute atomic E-state index is 12.8. The highest BCUT2D eigenvalue weighted by molar-refractivity contribution is 5.95. The van der Waals surface area contributed by atoms with Crippen LogP contribution in [0.5, 0.6) is 0 Å². The zero-order valence-corrected chi connectivity index (χ0v) is 15.3. The summed E-state index contributed by atoms with van der Waals surface area (Å²) in [7, 11) is 0. The summed E-state index contributed by atoms with van der Waals surface area (Å²) in [4.78, 5) is 15.1. The number of nitrogens with one attached hydrogen (secondary N) is 1. The van der Waals surface area contributed by atoms with Gasteiger partial charge in [-0.15, -0.1) is 0 Å². The lowest BCUT2D eigenvalue weighted by Crippen LogP contribution is -2.40. The van der Waals surface area contributed by atoms with Gasteiger partial charge in [0, 0.05) is 17.8 Å². The lowest BCUT2D eigenvalue weighted by Gasteiger charge is -2.24. The Balaban J connectivity index is 1.50. The smallest absolute Gasteiger partial charge is 0.255 e. The van der Waals surface area contributed by atoms with E-state index in [0.717, 1.165) is 31.4 Å². The molecule has 2 aliphatic rings. The number of hydrogen-bond acceptors (Lipinski definition) is 4. The molecule has 1 amide bonds. The Labute approximate surface area is 154 Å². The maximum Gasteiger partial charge on any atom is 0.255 e. The number of fused-ring (bicyclic) bond motifs is 1. The van der Waals surface area contributed by atoms with E-state index in [2.05, 4.69) is 41.4 Å². The van der Waals surface area contributed by atoms with Crippen LogP contribution in [0.3, 0.4) is 0 Å². The van der Waals surface area contributed by atoms with E-state index in [9.17, 15) is 4.79 Å². The lowest BCUT2D eigenvalue weighted by atomic mass is 10.0. The Morgan fingerprint density at radius 1 is 1.31 bits per heavy atom. The van der Waals surface area contributed by atoms with Crippen LogP contribution >= 0.6 is 0 Å². The fraction of sp³-hybridized carbons (Fsp3) is 0.476. The van der Waals surface area contributed by atoms with E-state index in [4.69, 9.17) is 10.2 Å². The number of hydrogen-bond donors (Lipinski definition) is 2. The second kappa shape index (κ2) is 7.16. The average Bonchev–Trinajstić information content (AvgIpc) is 3.35. The Bertz CT molecular complexity index is 785. The summed E-state index contributed by atoms with van der Waals surface area (Å²) in [5, 5.41) is 3.18. The summed E-state index contributed by atoms with van der Waals surface area (Å²) < 4.78 is 5.70. The Hall–Kier alpha value is -2.27. The van der Waals surface area contributed by atoms with E-state index in [-0.39, 0.29) is 11.9 Å². The van der Waals surface area contributed by atoms with Gasteiger partial charge in [-0.2, -0.15) is 0 Å². The summed E-state index contributed by atoms with van der Waals surface area (Å²) >= 11 is 0. The third-order valence-corrected chi connectivity index (χ3v) is 5.93. The van der Waals surface area contributed by atoms with Gasteiger partial charge in [-0.1, -0.05) is 24.6 Å². The van der Waals surface area contributed by atoms with Crippen molar-refractivity contribution < 1.29 is 9.21 Å². The molecular formula is C21H27N3O2. The van der Waals surface area contributed by atoms with E-state index in [1.165, 1.54) is 11.3 Å². The molecule has 2 aromatic rings. The molecule has 1 aliphatic carbocycles. The van der Waals surface area contributed by atoms with Crippen molar-refractivity contribution in [1.29, 1.82) is 0 Å². The first kappa shape index (κ1) is 17.2. The van der Waals surface area contributed by atoms with Crippen LogP contribution in [0.15, 0.2) is 41.0 Å². The predicted molar refractivity (Wildman–Crippen MR) is 102 cm³/mol. The van der Waals surface area contributed by atoms with Crippen molar-refractivity contribution in [3.63, 3.8) is 0 Å². The lowest BCUT2D eigenvalue weighted by molar-refractivity contribution is 0.0926. The molecule has 3 unspecified atom stereocenters. The number of nitrogens with two attached hydrogens (primary N) is 1. The molecule has 5 nitrogen and oxygen atoms in total. The van der Waals surface area contributed by atoms with Crippen LogP contribution in [0.2, 0.25) is 0 Å². The molecule has 0 radical (unpaired) electrons. The standard InChI is InChI=1S/C21H27N3O2/c1-14-11-15-5-2-3-8-19(15)24(14)13-20-17(9-10-26-20)21(25)23-18-7-4-6-16(18)12-22/h2-3,5,8-10,14,16,18H,4,6-7,11-13,22H2,1H3,(H,23,25). The van der Waals surface area contributed by atoms with Gasteiger partial charge in [0.05, 0.1) is 18.4 Å². The minimum absolute atomic E-state index is 0.0424. The highest BCUT2D eigenvalue weighted by Crippen LogP contribution is 2.33. The summed E-state index contributed by atoms with van der Waals surface area (Å²) in [5.41, 5.74) is 9.08. The normalized spacial score (nSPS) is 24.7. The van der Waals surface area contributed by atoms with E-state index >= 15 is 0 Å². The van der Waals surface area contributed by atoms with Gasteiger partial charge in [0.1, 0.15) is 5.76 Å². The number of nitrogens with zero attached hydrogens (tertiary/aromatic N) is 1. The Kier molecular flexibility index (Phi) is 4.72. The average molecular weight is 353 g/mol. The summed E-state index contributed by atoms with van der Waals surface area (Å²) in [6.45, 7) is 3.46. The second-order valence-electron chi connectivity index (χ2n) is 7.57. The van der Waals surface area contributed by atoms with Crippen LogP contribution in [0, 0.1) is 5.92 Å². The summed E-state index contributed by atoms with van der Waals surface area (Å²) in [6.07, 6.45) is 5.89. The molecule has 0 spiro atoms. The third-order valence-electron chi connectivity index (χ3n) is 5.93. The van der Waals surface area contributed by atoms with Crippen LogP contribution in [0.25, 0.3) is 0 Å². The first-order valence-corrected chi connectivity index (χ1v) is 9.59. The van der Waals surface area contributed by atoms with Crippen molar-refractivity contribution in [3.8, 4) is 0 Å². The molecule has 0 saturated heterocycles. The van der Waals surface area contributed by atoms with Gasteiger partial charge < -0.3 is 20.4 Å². The molecule has 2 heterocycles. The highest BCUT2D eigenvalue weighted by atomic mass is 16.3. The quantitative estimate of drug-likeness (QED) is 0.866. The van der Waals surface area contributed by atoms with E-state index in [1.54, 1.807) is 12.3 Å². The van der Waals surface area contributed by atoms with Crippen molar-refractivity contribution in [3.05, 3.63) is 53.5 Å². The topological polar surface area (TPSA) is 71.5 Å². The SMILES string of the molecule is CC1Cc2ccccc2N1Cc1occc1C(=O)NC1CCCC1CN. The molecule has 4 rings (SSSR count). The zero-order chi connectivity index (χ0) is 18.1. The fourth-order valence-corrected chi connectivity index (χ4v) is 4.45. The molecule has 3 N–H and O–H groups in total. The van der Waals surface area contributed by atoms with Gasteiger partial charge in [0.25, 0.3) is 5.91 Å². The van der Waals surface area contributed by atoms with Gasteiger partial charge in [-0.05, 0) is 56.3 Å². The van der Waals surface area contributed by atoms with E-state index < -0.39 is 0 Å². The fourth-order valence-electron chi connectivity index (χ4n) is 4.45. The first-order valence-electron chi connectivity index (χ1n) is 9.59. The Morgan fingerprint density at radius 3 is 3.00 bits per heavy atom. The van der Waals surface area contributed by atoms with Gasteiger partial charge in [-0.25, -0.2) is 0 Å². The second-order valence-corrected chi connectivity index (χ2v) is 7.57. The zero-order valence-electron chi connectivity index (χ0n) is 15.3. The molecule has 5 heteroatoms. The molecule has 138 valence electrons. The monoisotopic (exact) mass is 353 g/mol. The van der Waals surface area contributed by atoms with Gasteiger partial charge in [-0.3, -0.25) is 4.79 Å². The van der Waals surface area contributed by atoms with Crippen molar-refractivity contribution in [1.82, 2.24) is 5.32 Å². The highest BCUT2D eigenvalue weighted by Gasteiger charge is 2.30. The van der Waals surface area contributed by atoms with Crippen LogP contribution in [0.4, 0.5) is 5.69 Å². The number of benzene rings is 1. The van der Waals surface area contributed by atoms with Crippen molar-refractivity contribution in [2.24, 2.45) is 11.7 Å². The number of amides is 1. The number of furan rings is 1. The molecule has 1 aromatic heterocycles.